The highest BCUT2D eigenvalue weighted by atomic mass is 16.6. The molecular formula is C13H23NO2. The average molecular weight is 225 g/mol. The molecule has 0 aromatic carbocycles. The molecule has 3 heteroatoms. The number of carbonyl (C=O) groups is 1. The Morgan fingerprint density at radius 1 is 1.44 bits per heavy atom. The molecule has 1 rings (SSSR count). The van der Waals surface area contributed by atoms with Crippen molar-refractivity contribution in [3.8, 4) is 0 Å². The van der Waals surface area contributed by atoms with Gasteiger partial charge in [0.1, 0.15) is 5.60 Å². The van der Waals surface area contributed by atoms with Crippen LogP contribution >= 0.6 is 0 Å². The summed E-state index contributed by atoms with van der Waals surface area (Å²) in [5.74, 6) is 0. The predicted molar refractivity (Wildman–Crippen MR) is 65.4 cm³/mol. The zero-order valence-electron chi connectivity index (χ0n) is 10.6. The van der Waals surface area contributed by atoms with Gasteiger partial charge in [-0.25, -0.2) is 4.79 Å². The molecule has 0 bridgehead atoms. The van der Waals surface area contributed by atoms with Gasteiger partial charge in [-0.15, -0.1) is 0 Å². The molecule has 1 N–H and O–H groups in total. The van der Waals surface area contributed by atoms with Gasteiger partial charge >= 0.3 is 6.09 Å². The maximum absolute atomic E-state index is 11.3. The normalized spacial score (nSPS) is 16.6. The second-order valence-corrected chi connectivity index (χ2v) is 5.29. The number of ether oxygens (including phenoxy) is 1. The first-order valence-electron chi connectivity index (χ1n) is 6.12. The second-order valence-electron chi connectivity index (χ2n) is 5.29. The Morgan fingerprint density at radius 3 is 2.75 bits per heavy atom. The fraction of sp³-hybridized carbons (Fsp3) is 0.769. The minimum absolute atomic E-state index is 0.316. The molecule has 0 atom stereocenters. The highest BCUT2D eigenvalue weighted by Crippen LogP contribution is 2.19. The van der Waals surface area contributed by atoms with Crippen LogP contribution in [0.3, 0.4) is 0 Å². The lowest BCUT2D eigenvalue weighted by molar-refractivity contribution is 0.0528. The van der Waals surface area contributed by atoms with Crippen molar-refractivity contribution in [2.75, 3.05) is 6.54 Å². The van der Waals surface area contributed by atoms with E-state index in [0.717, 1.165) is 6.42 Å². The molecule has 16 heavy (non-hydrogen) atoms. The topological polar surface area (TPSA) is 38.3 Å². The molecule has 0 unspecified atom stereocenters. The molecule has 0 spiro atoms. The SMILES string of the molecule is CC(C)(C)OC(=O)NCCC1=CCCCC1. The standard InChI is InChI=1S/C13H23NO2/c1-13(2,3)16-12(15)14-10-9-11-7-5-4-6-8-11/h7H,4-6,8-10H2,1-3H3,(H,14,15). The van der Waals surface area contributed by atoms with Crippen molar-refractivity contribution in [2.24, 2.45) is 0 Å². The molecule has 3 nitrogen and oxygen atoms in total. The van der Waals surface area contributed by atoms with E-state index in [1.165, 1.54) is 31.3 Å². The van der Waals surface area contributed by atoms with Crippen LogP contribution in [0.15, 0.2) is 11.6 Å². The minimum Gasteiger partial charge on any atom is -0.444 e. The van der Waals surface area contributed by atoms with Crippen LogP contribution in [-0.4, -0.2) is 18.2 Å². The van der Waals surface area contributed by atoms with Crippen LogP contribution in [0, 0.1) is 0 Å². The number of rotatable bonds is 3. The molecule has 1 aliphatic rings. The third-order valence-electron chi connectivity index (χ3n) is 2.50. The van der Waals surface area contributed by atoms with Gasteiger partial charge in [-0.3, -0.25) is 0 Å². The summed E-state index contributed by atoms with van der Waals surface area (Å²) >= 11 is 0. The van der Waals surface area contributed by atoms with Crippen molar-refractivity contribution in [3.63, 3.8) is 0 Å². The Hall–Kier alpha value is -0.990. The minimum atomic E-state index is -0.409. The third kappa shape index (κ3) is 5.79. The number of hydrogen-bond donors (Lipinski definition) is 1. The van der Waals surface area contributed by atoms with Gasteiger partial charge in [0.25, 0.3) is 0 Å². The van der Waals surface area contributed by atoms with Crippen LogP contribution in [0.1, 0.15) is 52.9 Å². The molecule has 1 amide bonds. The highest BCUT2D eigenvalue weighted by Gasteiger charge is 2.15. The van der Waals surface area contributed by atoms with E-state index >= 15 is 0 Å². The van der Waals surface area contributed by atoms with Gasteiger partial charge < -0.3 is 10.1 Å². The van der Waals surface area contributed by atoms with Crippen LogP contribution in [-0.2, 0) is 4.74 Å². The Morgan fingerprint density at radius 2 is 2.19 bits per heavy atom. The first-order chi connectivity index (χ1) is 7.47. The first-order valence-corrected chi connectivity index (χ1v) is 6.12. The van der Waals surface area contributed by atoms with E-state index in [0.29, 0.717) is 6.54 Å². The zero-order chi connectivity index (χ0) is 12.0. The molecule has 0 heterocycles. The van der Waals surface area contributed by atoms with E-state index in [9.17, 15) is 4.79 Å². The number of amides is 1. The summed E-state index contributed by atoms with van der Waals surface area (Å²) in [6.45, 7) is 6.30. The lowest BCUT2D eigenvalue weighted by Crippen LogP contribution is -2.33. The van der Waals surface area contributed by atoms with Crippen LogP contribution in [0.4, 0.5) is 4.79 Å². The quantitative estimate of drug-likeness (QED) is 0.747. The maximum Gasteiger partial charge on any atom is 0.407 e. The molecular weight excluding hydrogens is 202 g/mol. The maximum atomic E-state index is 11.3. The molecule has 0 aromatic rings. The number of allylic oxidation sites excluding steroid dienone is 1. The van der Waals surface area contributed by atoms with E-state index in [-0.39, 0.29) is 6.09 Å². The second kappa shape index (κ2) is 5.92. The van der Waals surface area contributed by atoms with Gasteiger partial charge in [0.15, 0.2) is 0 Å². The van der Waals surface area contributed by atoms with Gasteiger partial charge in [0.05, 0.1) is 0 Å². The van der Waals surface area contributed by atoms with Crippen LogP contribution in [0.5, 0.6) is 0 Å². The van der Waals surface area contributed by atoms with Gasteiger partial charge in [0, 0.05) is 6.54 Å². The molecule has 0 aromatic heterocycles. The van der Waals surface area contributed by atoms with Crippen LogP contribution in [0.2, 0.25) is 0 Å². The Labute approximate surface area is 98.2 Å². The summed E-state index contributed by atoms with van der Waals surface area (Å²) in [5, 5.41) is 2.78. The number of hydrogen-bond acceptors (Lipinski definition) is 2. The van der Waals surface area contributed by atoms with Crippen molar-refractivity contribution >= 4 is 6.09 Å². The van der Waals surface area contributed by atoms with Crippen LogP contribution in [0.25, 0.3) is 0 Å². The van der Waals surface area contributed by atoms with Gasteiger partial charge in [0.2, 0.25) is 0 Å². The van der Waals surface area contributed by atoms with E-state index in [1.807, 2.05) is 20.8 Å². The summed E-state index contributed by atoms with van der Waals surface area (Å²) in [7, 11) is 0. The highest BCUT2D eigenvalue weighted by molar-refractivity contribution is 5.67. The number of carbonyl (C=O) groups excluding carboxylic acids is 1. The molecule has 1 aliphatic carbocycles. The van der Waals surface area contributed by atoms with E-state index in [4.69, 9.17) is 4.74 Å². The molecule has 0 radical (unpaired) electrons. The molecule has 0 fully saturated rings. The third-order valence-corrected chi connectivity index (χ3v) is 2.50. The number of nitrogens with one attached hydrogen (secondary N) is 1. The van der Waals surface area contributed by atoms with Crippen molar-refractivity contribution in [2.45, 2.75) is 58.5 Å². The Balaban J connectivity index is 2.15. The fourth-order valence-electron chi connectivity index (χ4n) is 1.77. The summed E-state index contributed by atoms with van der Waals surface area (Å²) in [5.41, 5.74) is 1.07. The van der Waals surface area contributed by atoms with E-state index < -0.39 is 5.60 Å². The fourth-order valence-corrected chi connectivity index (χ4v) is 1.77. The van der Waals surface area contributed by atoms with E-state index in [2.05, 4.69) is 11.4 Å². The van der Waals surface area contributed by atoms with Crippen molar-refractivity contribution < 1.29 is 9.53 Å². The zero-order valence-corrected chi connectivity index (χ0v) is 10.6. The smallest absolute Gasteiger partial charge is 0.407 e. The Kier molecular flexibility index (Phi) is 4.84. The van der Waals surface area contributed by atoms with E-state index in [1.54, 1.807) is 0 Å². The molecule has 0 saturated heterocycles. The lowest BCUT2D eigenvalue weighted by Gasteiger charge is -2.20. The summed E-state index contributed by atoms with van der Waals surface area (Å²) in [4.78, 5) is 11.3. The summed E-state index contributed by atoms with van der Waals surface area (Å²) in [6.07, 6.45) is 7.93. The van der Waals surface area contributed by atoms with Crippen molar-refractivity contribution in [1.82, 2.24) is 5.32 Å². The summed E-state index contributed by atoms with van der Waals surface area (Å²) < 4.78 is 5.16. The molecule has 0 saturated carbocycles. The van der Waals surface area contributed by atoms with Crippen molar-refractivity contribution in [1.29, 1.82) is 0 Å². The number of alkyl carbamates (subject to hydrolysis) is 1. The van der Waals surface area contributed by atoms with Gasteiger partial charge in [-0.1, -0.05) is 11.6 Å². The summed E-state index contributed by atoms with van der Waals surface area (Å²) in [6, 6.07) is 0. The Bertz CT molecular complexity index is 264. The lowest BCUT2D eigenvalue weighted by atomic mass is 9.97. The molecule has 92 valence electrons. The first kappa shape index (κ1) is 13.1. The average Bonchev–Trinajstić information content (AvgIpc) is 2.16. The van der Waals surface area contributed by atoms with Crippen molar-refractivity contribution in [3.05, 3.63) is 11.6 Å². The monoisotopic (exact) mass is 225 g/mol. The molecule has 0 aliphatic heterocycles. The van der Waals surface area contributed by atoms with Gasteiger partial charge in [-0.05, 0) is 52.9 Å². The predicted octanol–water partition coefficient (Wildman–Crippen LogP) is 3.40. The van der Waals surface area contributed by atoms with Crippen LogP contribution < -0.4 is 5.32 Å². The largest absolute Gasteiger partial charge is 0.444 e. The van der Waals surface area contributed by atoms with Gasteiger partial charge in [-0.2, -0.15) is 0 Å².